The third-order valence-corrected chi connectivity index (χ3v) is 7.41. The molecule has 0 saturated carbocycles. The molecule has 1 saturated heterocycles. The summed E-state index contributed by atoms with van der Waals surface area (Å²) in [6.07, 6.45) is 1.66. The van der Waals surface area contributed by atoms with Gasteiger partial charge in [-0.05, 0) is 62.6 Å². The van der Waals surface area contributed by atoms with E-state index >= 15 is 0 Å². The van der Waals surface area contributed by atoms with Gasteiger partial charge in [-0.15, -0.1) is 12.4 Å². The Morgan fingerprint density at radius 1 is 1.08 bits per heavy atom. The number of hydrogen-bond acceptors (Lipinski definition) is 6. The molecule has 4 aromatic rings. The summed E-state index contributed by atoms with van der Waals surface area (Å²) in [4.78, 5) is 7.62. The van der Waals surface area contributed by atoms with Crippen LogP contribution >= 0.6 is 24.0 Å². The Balaban J connectivity index is 0.00000320. The molecular formula is C28H34Cl2N4O3. The number of rotatable bonds is 8. The first-order valence-electron chi connectivity index (χ1n) is 12.5. The van der Waals surface area contributed by atoms with Crippen LogP contribution in [0.4, 0.5) is 0 Å². The molecule has 2 aromatic carbocycles. The average molecular weight is 546 g/mol. The van der Waals surface area contributed by atoms with Crippen molar-refractivity contribution < 1.29 is 14.0 Å². The number of benzene rings is 2. The summed E-state index contributed by atoms with van der Waals surface area (Å²) >= 11 is 6.38. The van der Waals surface area contributed by atoms with Crippen LogP contribution < -0.4 is 4.74 Å². The van der Waals surface area contributed by atoms with E-state index in [0.717, 1.165) is 90.7 Å². The van der Waals surface area contributed by atoms with Gasteiger partial charge in [0, 0.05) is 37.7 Å². The zero-order valence-corrected chi connectivity index (χ0v) is 23.4. The number of imidazole rings is 1. The van der Waals surface area contributed by atoms with Crippen LogP contribution in [0.3, 0.4) is 0 Å². The van der Waals surface area contributed by atoms with Crippen molar-refractivity contribution in [2.24, 2.45) is 0 Å². The molecule has 0 radical (unpaired) electrons. The van der Waals surface area contributed by atoms with Gasteiger partial charge in [0.2, 0.25) is 0 Å². The van der Waals surface area contributed by atoms with Crippen LogP contribution in [0.25, 0.3) is 22.2 Å². The van der Waals surface area contributed by atoms with Gasteiger partial charge >= 0.3 is 0 Å². The Hall–Kier alpha value is -2.58. The SMILES string of the molecule is COc1ccc(CCc2nc3cc(-c4c(C)noc4C)ccc3n2C[C@H](C)N2CCOCC2)cc1Cl.Cl. The lowest BCUT2D eigenvalue weighted by Gasteiger charge is -2.32. The molecule has 1 atom stereocenters. The van der Waals surface area contributed by atoms with E-state index in [4.69, 9.17) is 30.6 Å². The van der Waals surface area contributed by atoms with Gasteiger partial charge in [0.05, 0.1) is 42.1 Å². The molecule has 0 N–H and O–H groups in total. The summed E-state index contributed by atoms with van der Waals surface area (Å²) in [6, 6.07) is 12.9. The Labute approximate surface area is 229 Å². The number of hydrogen-bond donors (Lipinski definition) is 0. The topological polar surface area (TPSA) is 65.6 Å². The lowest BCUT2D eigenvalue weighted by Crippen LogP contribution is -2.44. The molecule has 0 spiro atoms. The second kappa shape index (κ2) is 11.9. The molecule has 198 valence electrons. The Morgan fingerprint density at radius 3 is 2.54 bits per heavy atom. The lowest BCUT2D eigenvalue weighted by atomic mass is 10.0. The quantitative estimate of drug-likeness (QED) is 0.275. The fourth-order valence-corrected chi connectivity index (χ4v) is 5.42. The molecule has 0 amide bonds. The smallest absolute Gasteiger partial charge is 0.141 e. The molecule has 5 rings (SSSR count). The van der Waals surface area contributed by atoms with Crippen molar-refractivity contribution in [1.82, 2.24) is 19.6 Å². The van der Waals surface area contributed by atoms with Crippen LogP contribution in [0.5, 0.6) is 5.75 Å². The number of aryl methyl sites for hydroxylation is 4. The number of ether oxygens (including phenoxy) is 2. The van der Waals surface area contributed by atoms with E-state index in [1.165, 1.54) is 0 Å². The third-order valence-electron chi connectivity index (χ3n) is 7.12. The van der Waals surface area contributed by atoms with Crippen molar-refractivity contribution in [2.75, 3.05) is 33.4 Å². The van der Waals surface area contributed by atoms with Crippen LogP contribution in [-0.4, -0.2) is 59.1 Å². The molecule has 1 fully saturated rings. The highest BCUT2D eigenvalue weighted by Gasteiger charge is 2.21. The van der Waals surface area contributed by atoms with Crippen LogP contribution in [0.2, 0.25) is 5.02 Å². The summed E-state index contributed by atoms with van der Waals surface area (Å²) in [5, 5.41) is 4.77. The summed E-state index contributed by atoms with van der Waals surface area (Å²) < 4.78 is 18.7. The molecule has 0 aliphatic carbocycles. The molecule has 7 nitrogen and oxygen atoms in total. The van der Waals surface area contributed by atoms with Gasteiger partial charge < -0.3 is 18.6 Å². The van der Waals surface area contributed by atoms with E-state index in [9.17, 15) is 0 Å². The first-order chi connectivity index (χ1) is 17.4. The fourth-order valence-electron chi connectivity index (χ4n) is 5.14. The van der Waals surface area contributed by atoms with Gasteiger partial charge in [-0.3, -0.25) is 4.90 Å². The molecular weight excluding hydrogens is 511 g/mol. The minimum Gasteiger partial charge on any atom is -0.495 e. The predicted molar refractivity (Wildman–Crippen MR) is 149 cm³/mol. The molecule has 0 bridgehead atoms. The molecule has 1 aliphatic heterocycles. The molecule has 2 aromatic heterocycles. The monoisotopic (exact) mass is 544 g/mol. The second-order valence-corrected chi connectivity index (χ2v) is 9.91. The molecule has 3 heterocycles. The number of methoxy groups -OCH3 is 1. The maximum atomic E-state index is 6.38. The third kappa shape index (κ3) is 5.80. The van der Waals surface area contributed by atoms with Crippen LogP contribution in [0.15, 0.2) is 40.9 Å². The van der Waals surface area contributed by atoms with Crippen molar-refractivity contribution in [3.8, 4) is 16.9 Å². The second-order valence-electron chi connectivity index (χ2n) is 9.51. The van der Waals surface area contributed by atoms with Gasteiger partial charge in [0.15, 0.2) is 0 Å². The number of aromatic nitrogens is 3. The Kier molecular flexibility index (Phi) is 8.80. The van der Waals surface area contributed by atoms with Gasteiger partial charge in [-0.2, -0.15) is 0 Å². The maximum absolute atomic E-state index is 6.38. The summed E-state index contributed by atoms with van der Waals surface area (Å²) in [6.45, 7) is 10.6. The van der Waals surface area contributed by atoms with Gasteiger partial charge in [0.1, 0.15) is 17.3 Å². The number of halogens is 2. The van der Waals surface area contributed by atoms with Crippen molar-refractivity contribution in [1.29, 1.82) is 0 Å². The minimum atomic E-state index is 0. The Morgan fingerprint density at radius 2 is 1.86 bits per heavy atom. The zero-order chi connectivity index (χ0) is 25.2. The highest BCUT2D eigenvalue weighted by molar-refractivity contribution is 6.32. The van der Waals surface area contributed by atoms with Crippen LogP contribution in [-0.2, 0) is 24.1 Å². The normalized spacial score (nSPS) is 15.1. The maximum Gasteiger partial charge on any atom is 0.141 e. The van der Waals surface area contributed by atoms with Crippen molar-refractivity contribution in [3.63, 3.8) is 0 Å². The van der Waals surface area contributed by atoms with Gasteiger partial charge in [-0.25, -0.2) is 4.98 Å². The molecule has 1 aliphatic rings. The van der Waals surface area contributed by atoms with Crippen LogP contribution in [0.1, 0.15) is 29.8 Å². The first kappa shape index (κ1) is 27.5. The lowest BCUT2D eigenvalue weighted by molar-refractivity contribution is 0.0170. The molecule has 0 unspecified atom stereocenters. The molecule has 37 heavy (non-hydrogen) atoms. The van der Waals surface area contributed by atoms with Crippen molar-refractivity contribution >= 4 is 35.0 Å². The van der Waals surface area contributed by atoms with Crippen molar-refractivity contribution in [2.45, 2.75) is 46.2 Å². The highest BCUT2D eigenvalue weighted by atomic mass is 35.5. The predicted octanol–water partition coefficient (Wildman–Crippen LogP) is 5.90. The minimum absolute atomic E-state index is 0. The van der Waals surface area contributed by atoms with E-state index in [0.29, 0.717) is 16.8 Å². The van der Waals surface area contributed by atoms with E-state index < -0.39 is 0 Å². The van der Waals surface area contributed by atoms with E-state index in [-0.39, 0.29) is 12.4 Å². The summed E-state index contributed by atoms with van der Waals surface area (Å²) in [5.41, 5.74) is 6.32. The summed E-state index contributed by atoms with van der Waals surface area (Å²) in [7, 11) is 1.63. The number of morpholine rings is 1. The van der Waals surface area contributed by atoms with Crippen LogP contribution in [0, 0.1) is 13.8 Å². The van der Waals surface area contributed by atoms with Gasteiger partial charge in [-0.1, -0.05) is 28.9 Å². The Bertz CT molecular complexity index is 1340. The average Bonchev–Trinajstić information content (AvgIpc) is 3.41. The van der Waals surface area contributed by atoms with E-state index in [1.54, 1.807) is 7.11 Å². The standard InChI is InChI=1S/C28H33ClN4O3.ClH/c1-18(32-11-13-35-14-12-32)17-33-25-8-7-22(28-19(2)31-36-20(28)3)16-24(25)30-27(33)10-6-21-5-9-26(34-4)23(29)15-21;/h5,7-9,15-16,18H,6,10-14,17H2,1-4H3;1H/t18-;/m0./s1. The zero-order valence-electron chi connectivity index (χ0n) is 21.8. The first-order valence-corrected chi connectivity index (χ1v) is 12.9. The number of fused-ring (bicyclic) bond motifs is 1. The fraction of sp³-hybridized carbons (Fsp3) is 0.429. The van der Waals surface area contributed by atoms with E-state index in [2.05, 4.69) is 45.8 Å². The van der Waals surface area contributed by atoms with Gasteiger partial charge in [0.25, 0.3) is 0 Å². The highest BCUT2D eigenvalue weighted by Crippen LogP contribution is 2.31. The van der Waals surface area contributed by atoms with E-state index in [1.807, 2.05) is 26.0 Å². The largest absolute Gasteiger partial charge is 0.495 e. The van der Waals surface area contributed by atoms with Crippen molar-refractivity contribution in [3.05, 3.63) is 64.3 Å². The summed E-state index contributed by atoms with van der Waals surface area (Å²) in [5.74, 6) is 2.59. The number of nitrogens with zero attached hydrogens (tertiary/aromatic N) is 4. The molecule has 9 heteroatoms.